The minimum absolute atomic E-state index is 0.356. The SMILES string of the molecule is CC(C)C=C(Cl)Cl.FC(F)(F)c1ccsc1. The third-order valence-corrected chi connectivity index (χ3v) is 2.24. The maximum Gasteiger partial charge on any atom is 0.417 e. The first-order valence-electron chi connectivity index (χ1n) is 4.35. The van der Waals surface area contributed by atoms with Crippen molar-refractivity contribution in [2.75, 3.05) is 0 Å². The fourth-order valence-electron chi connectivity index (χ4n) is 0.678. The molecule has 0 bridgehead atoms. The van der Waals surface area contributed by atoms with Crippen molar-refractivity contribution >= 4 is 34.5 Å². The summed E-state index contributed by atoms with van der Waals surface area (Å²) in [5, 5.41) is 2.49. The van der Waals surface area contributed by atoms with Crippen LogP contribution in [0.15, 0.2) is 27.4 Å². The second-order valence-electron chi connectivity index (χ2n) is 3.21. The van der Waals surface area contributed by atoms with Gasteiger partial charge in [-0.2, -0.15) is 24.5 Å². The van der Waals surface area contributed by atoms with Gasteiger partial charge in [-0.3, -0.25) is 0 Å². The van der Waals surface area contributed by atoms with E-state index in [1.165, 1.54) is 5.38 Å². The van der Waals surface area contributed by atoms with Crippen molar-refractivity contribution in [3.63, 3.8) is 0 Å². The number of hydrogen-bond donors (Lipinski definition) is 0. The Kier molecular flexibility index (Phi) is 7.11. The van der Waals surface area contributed by atoms with E-state index in [2.05, 4.69) is 0 Å². The molecule has 1 heterocycles. The van der Waals surface area contributed by atoms with Crippen LogP contribution < -0.4 is 0 Å². The second-order valence-corrected chi connectivity index (χ2v) is 5.00. The number of alkyl halides is 3. The molecule has 1 aromatic rings. The van der Waals surface area contributed by atoms with Crippen molar-refractivity contribution in [3.05, 3.63) is 33.0 Å². The Labute approximate surface area is 107 Å². The van der Waals surface area contributed by atoms with Gasteiger partial charge in [-0.25, -0.2) is 0 Å². The van der Waals surface area contributed by atoms with E-state index in [1.54, 1.807) is 6.08 Å². The molecule has 0 radical (unpaired) electrons. The van der Waals surface area contributed by atoms with Crippen molar-refractivity contribution in [1.29, 1.82) is 0 Å². The highest BCUT2D eigenvalue weighted by Crippen LogP contribution is 2.30. The summed E-state index contributed by atoms with van der Waals surface area (Å²) in [6.45, 7) is 4.04. The number of rotatable bonds is 1. The molecule has 0 atom stereocenters. The molecule has 0 aliphatic heterocycles. The molecule has 0 saturated carbocycles. The molecule has 0 aliphatic carbocycles. The van der Waals surface area contributed by atoms with Gasteiger partial charge in [-0.15, -0.1) is 0 Å². The van der Waals surface area contributed by atoms with Crippen LogP contribution in [0.1, 0.15) is 19.4 Å². The number of thiophene rings is 1. The Bertz CT molecular complexity index is 311. The molecule has 0 nitrogen and oxygen atoms in total. The molecule has 0 fully saturated rings. The highest BCUT2D eigenvalue weighted by molar-refractivity contribution is 7.07. The Morgan fingerprint density at radius 1 is 1.38 bits per heavy atom. The van der Waals surface area contributed by atoms with E-state index in [-0.39, 0.29) is 0 Å². The lowest BCUT2D eigenvalue weighted by molar-refractivity contribution is -0.137. The van der Waals surface area contributed by atoms with Crippen molar-refractivity contribution in [2.45, 2.75) is 20.0 Å². The second kappa shape index (κ2) is 7.20. The summed E-state index contributed by atoms with van der Waals surface area (Å²) in [6, 6.07) is 1.06. The smallest absolute Gasteiger partial charge is 0.166 e. The lowest BCUT2D eigenvalue weighted by Crippen LogP contribution is -2.01. The summed E-state index contributed by atoms with van der Waals surface area (Å²) in [6.07, 6.45) is -2.39. The molecule has 0 saturated heterocycles. The molecule has 0 aromatic carbocycles. The summed E-state index contributed by atoms with van der Waals surface area (Å²) in [4.78, 5) is 0. The normalized spacial score (nSPS) is 10.8. The Hall–Kier alpha value is -0.190. The first kappa shape index (κ1) is 15.8. The Balaban J connectivity index is 0.000000293. The summed E-state index contributed by atoms with van der Waals surface area (Å²) >= 11 is 11.6. The molecule has 0 spiro atoms. The zero-order valence-corrected chi connectivity index (χ0v) is 11.0. The zero-order chi connectivity index (χ0) is 12.8. The van der Waals surface area contributed by atoms with Crippen LogP contribution in [0.4, 0.5) is 13.2 Å². The van der Waals surface area contributed by atoms with Crippen LogP contribution >= 0.6 is 34.5 Å². The molecule has 0 N–H and O–H groups in total. The minimum atomic E-state index is -4.17. The molecule has 0 amide bonds. The summed E-state index contributed by atoms with van der Waals surface area (Å²) in [5.41, 5.74) is -0.563. The molecule has 6 heteroatoms. The van der Waals surface area contributed by atoms with Gasteiger partial charge >= 0.3 is 6.18 Å². The largest absolute Gasteiger partial charge is 0.417 e. The van der Waals surface area contributed by atoms with Crippen LogP contribution in [0, 0.1) is 5.92 Å². The topological polar surface area (TPSA) is 0 Å². The molecule has 1 aromatic heterocycles. The summed E-state index contributed by atoms with van der Waals surface area (Å²) in [7, 11) is 0. The van der Waals surface area contributed by atoms with Crippen LogP contribution in [0.5, 0.6) is 0 Å². The Morgan fingerprint density at radius 2 is 1.94 bits per heavy atom. The third kappa shape index (κ3) is 8.02. The standard InChI is InChI=1S/C5H8Cl2.C5H3F3S/c1-4(2)3-5(6)7;6-5(7,8)4-1-2-9-3-4/h3-4H,1-2H3;1-3H. The van der Waals surface area contributed by atoms with Crippen LogP contribution in [0.25, 0.3) is 0 Å². The summed E-state index contributed by atoms with van der Waals surface area (Å²) < 4.78 is 35.2. The van der Waals surface area contributed by atoms with Gasteiger partial charge in [-0.05, 0) is 17.4 Å². The van der Waals surface area contributed by atoms with E-state index in [9.17, 15) is 13.2 Å². The summed E-state index contributed by atoms with van der Waals surface area (Å²) in [5.74, 6) is 0.449. The fourth-order valence-corrected chi connectivity index (χ4v) is 1.84. The highest BCUT2D eigenvalue weighted by atomic mass is 35.5. The van der Waals surface area contributed by atoms with E-state index in [4.69, 9.17) is 23.2 Å². The van der Waals surface area contributed by atoms with E-state index in [1.807, 2.05) is 13.8 Å². The first-order chi connectivity index (χ1) is 7.23. The zero-order valence-electron chi connectivity index (χ0n) is 8.68. The van der Waals surface area contributed by atoms with Crippen LogP contribution in [0.2, 0.25) is 0 Å². The van der Waals surface area contributed by atoms with Gasteiger partial charge in [0.1, 0.15) is 4.49 Å². The average molecular weight is 291 g/mol. The van der Waals surface area contributed by atoms with Gasteiger partial charge in [0.15, 0.2) is 0 Å². The van der Waals surface area contributed by atoms with Crippen LogP contribution in [-0.2, 0) is 6.18 Å². The average Bonchev–Trinajstić information content (AvgIpc) is 2.51. The number of hydrogen-bond acceptors (Lipinski definition) is 1. The van der Waals surface area contributed by atoms with Gasteiger partial charge in [-0.1, -0.05) is 43.1 Å². The lowest BCUT2D eigenvalue weighted by Gasteiger charge is -1.99. The van der Waals surface area contributed by atoms with Gasteiger partial charge in [0.05, 0.1) is 5.56 Å². The maximum atomic E-state index is 11.6. The molecule has 16 heavy (non-hydrogen) atoms. The molecular weight excluding hydrogens is 280 g/mol. The van der Waals surface area contributed by atoms with Crippen molar-refractivity contribution in [2.24, 2.45) is 5.92 Å². The molecule has 1 rings (SSSR count). The van der Waals surface area contributed by atoms with Gasteiger partial charge in [0.25, 0.3) is 0 Å². The molecular formula is C10H11Cl2F3S. The van der Waals surface area contributed by atoms with Gasteiger partial charge in [0.2, 0.25) is 0 Å². The Morgan fingerprint density at radius 3 is 2.06 bits per heavy atom. The van der Waals surface area contributed by atoms with Crippen LogP contribution in [-0.4, -0.2) is 0 Å². The highest BCUT2D eigenvalue weighted by Gasteiger charge is 2.30. The number of halogens is 5. The van der Waals surface area contributed by atoms with E-state index in [0.29, 0.717) is 10.4 Å². The quantitative estimate of drug-likeness (QED) is 0.620. The molecule has 0 unspecified atom stereocenters. The van der Waals surface area contributed by atoms with E-state index in [0.717, 1.165) is 22.8 Å². The monoisotopic (exact) mass is 290 g/mol. The van der Waals surface area contributed by atoms with E-state index >= 15 is 0 Å². The van der Waals surface area contributed by atoms with Gasteiger partial charge in [0, 0.05) is 5.38 Å². The lowest BCUT2D eigenvalue weighted by atomic mass is 10.2. The maximum absolute atomic E-state index is 11.6. The minimum Gasteiger partial charge on any atom is -0.166 e. The van der Waals surface area contributed by atoms with Crippen LogP contribution in [0.3, 0.4) is 0 Å². The first-order valence-corrected chi connectivity index (χ1v) is 6.05. The van der Waals surface area contributed by atoms with E-state index < -0.39 is 11.7 Å². The van der Waals surface area contributed by atoms with Gasteiger partial charge < -0.3 is 0 Å². The molecule has 92 valence electrons. The number of allylic oxidation sites excluding steroid dienone is 1. The molecule has 0 aliphatic rings. The van der Waals surface area contributed by atoms with Crippen molar-refractivity contribution in [1.82, 2.24) is 0 Å². The van der Waals surface area contributed by atoms with Crippen molar-refractivity contribution < 1.29 is 13.2 Å². The fraction of sp³-hybridized carbons (Fsp3) is 0.400. The van der Waals surface area contributed by atoms with Crippen molar-refractivity contribution in [3.8, 4) is 0 Å². The predicted molar refractivity (Wildman–Crippen MR) is 63.9 cm³/mol. The predicted octanol–water partition coefficient (Wildman–Crippen LogP) is 5.73. The third-order valence-electron chi connectivity index (χ3n) is 1.31.